The van der Waals surface area contributed by atoms with Crippen LogP contribution >= 0.6 is 0 Å². The van der Waals surface area contributed by atoms with Crippen LogP contribution in [0.2, 0.25) is 0 Å². The zero-order valence-electron chi connectivity index (χ0n) is 14.6. The van der Waals surface area contributed by atoms with Gasteiger partial charge in [0.05, 0.1) is 11.3 Å². The lowest BCUT2D eigenvalue weighted by molar-refractivity contribution is 0.101. The molecule has 2 aromatic rings. The number of benzene rings is 2. The Morgan fingerprint density at radius 3 is 2.62 bits per heavy atom. The standard InChI is InChI=1S/C20H20N2O4/c1-13(23)16-11-14(22-9-2-3-10-22)7-8-17(16)21-20(24)15-5-4-6-18-19(15)26-12-25-18/h4-8,11H,2-3,9-10,12H2,1H3,(H,21,24). The molecule has 1 amide bonds. The fraction of sp³-hybridized carbons (Fsp3) is 0.300. The minimum absolute atomic E-state index is 0.0841. The SMILES string of the molecule is CC(=O)c1cc(N2CCCC2)ccc1NC(=O)c1cccc2c1OCO2. The van der Waals surface area contributed by atoms with Crippen LogP contribution in [0.3, 0.4) is 0 Å². The number of hydrogen-bond donors (Lipinski definition) is 1. The zero-order valence-corrected chi connectivity index (χ0v) is 14.6. The smallest absolute Gasteiger partial charge is 0.259 e. The van der Waals surface area contributed by atoms with Crippen molar-refractivity contribution in [3.8, 4) is 11.5 Å². The van der Waals surface area contributed by atoms with Gasteiger partial charge in [-0.25, -0.2) is 0 Å². The number of Topliss-reactive ketones (excluding diaryl/α,β-unsaturated/α-hetero) is 1. The molecule has 134 valence electrons. The fourth-order valence-electron chi connectivity index (χ4n) is 3.40. The number of para-hydroxylation sites is 1. The van der Waals surface area contributed by atoms with E-state index in [2.05, 4.69) is 10.2 Å². The van der Waals surface area contributed by atoms with Crippen molar-refractivity contribution in [1.82, 2.24) is 0 Å². The van der Waals surface area contributed by atoms with E-state index in [0.29, 0.717) is 28.3 Å². The molecule has 0 saturated carbocycles. The van der Waals surface area contributed by atoms with Gasteiger partial charge >= 0.3 is 0 Å². The number of anilines is 2. The summed E-state index contributed by atoms with van der Waals surface area (Å²) in [6.07, 6.45) is 2.32. The molecule has 6 heteroatoms. The number of ether oxygens (including phenoxy) is 2. The largest absolute Gasteiger partial charge is 0.454 e. The van der Waals surface area contributed by atoms with Crippen LogP contribution in [0, 0.1) is 0 Å². The Kier molecular flexibility index (Phi) is 4.24. The number of carbonyl (C=O) groups is 2. The van der Waals surface area contributed by atoms with E-state index >= 15 is 0 Å². The van der Waals surface area contributed by atoms with Gasteiger partial charge in [0.1, 0.15) is 0 Å². The minimum Gasteiger partial charge on any atom is -0.454 e. The maximum Gasteiger partial charge on any atom is 0.259 e. The third-order valence-corrected chi connectivity index (χ3v) is 4.74. The van der Waals surface area contributed by atoms with Gasteiger partial charge < -0.3 is 19.7 Å². The second-order valence-electron chi connectivity index (χ2n) is 6.47. The molecule has 1 fully saturated rings. The maximum atomic E-state index is 12.7. The summed E-state index contributed by atoms with van der Waals surface area (Å²) in [4.78, 5) is 27.1. The number of fused-ring (bicyclic) bond motifs is 1. The van der Waals surface area contributed by atoms with Crippen LogP contribution in [-0.2, 0) is 0 Å². The number of rotatable bonds is 4. The number of nitrogens with zero attached hydrogens (tertiary/aromatic N) is 1. The van der Waals surface area contributed by atoms with E-state index in [1.165, 1.54) is 6.92 Å². The van der Waals surface area contributed by atoms with E-state index in [1.807, 2.05) is 12.1 Å². The summed E-state index contributed by atoms with van der Waals surface area (Å²) in [6, 6.07) is 10.8. The predicted molar refractivity (Wildman–Crippen MR) is 98.4 cm³/mol. The molecule has 0 bridgehead atoms. The third kappa shape index (κ3) is 2.98. The Balaban J connectivity index is 1.62. The Morgan fingerprint density at radius 1 is 1.04 bits per heavy atom. The van der Waals surface area contributed by atoms with Crippen molar-refractivity contribution < 1.29 is 19.1 Å². The first kappa shape index (κ1) is 16.4. The molecular formula is C20H20N2O4. The summed E-state index contributed by atoms with van der Waals surface area (Å²) in [5, 5.41) is 2.84. The highest BCUT2D eigenvalue weighted by Crippen LogP contribution is 2.36. The van der Waals surface area contributed by atoms with E-state index in [9.17, 15) is 9.59 Å². The summed E-state index contributed by atoms with van der Waals surface area (Å²) in [6.45, 7) is 3.60. The Morgan fingerprint density at radius 2 is 1.85 bits per heavy atom. The van der Waals surface area contributed by atoms with Gasteiger partial charge in [-0.3, -0.25) is 9.59 Å². The first-order valence-corrected chi connectivity index (χ1v) is 8.73. The van der Waals surface area contributed by atoms with Crippen LogP contribution in [0.1, 0.15) is 40.5 Å². The van der Waals surface area contributed by atoms with Crippen LogP contribution in [0.5, 0.6) is 11.5 Å². The summed E-state index contributed by atoms with van der Waals surface area (Å²) in [5.74, 6) is 0.569. The van der Waals surface area contributed by atoms with Gasteiger partial charge in [0.15, 0.2) is 17.3 Å². The van der Waals surface area contributed by atoms with Gasteiger partial charge in [0, 0.05) is 24.3 Å². The molecule has 6 nitrogen and oxygen atoms in total. The number of amides is 1. The van der Waals surface area contributed by atoms with Gasteiger partial charge in [0.2, 0.25) is 6.79 Å². The van der Waals surface area contributed by atoms with Crippen molar-refractivity contribution in [3.63, 3.8) is 0 Å². The molecule has 0 unspecified atom stereocenters. The van der Waals surface area contributed by atoms with Crippen molar-refractivity contribution >= 4 is 23.1 Å². The zero-order chi connectivity index (χ0) is 18.1. The normalized spacial score (nSPS) is 15.2. The number of ketones is 1. The molecule has 1 N–H and O–H groups in total. The molecule has 2 heterocycles. The fourth-order valence-corrected chi connectivity index (χ4v) is 3.40. The monoisotopic (exact) mass is 352 g/mol. The molecular weight excluding hydrogens is 332 g/mol. The molecule has 0 atom stereocenters. The van der Waals surface area contributed by atoms with Gasteiger partial charge in [-0.05, 0) is 50.1 Å². The van der Waals surface area contributed by atoms with Crippen molar-refractivity contribution in [2.24, 2.45) is 0 Å². The van der Waals surface area contributed by atoms with Crippen molar-refractivity contribution in [2.45, 2.75) is 19.8 Å². The van der Waals surface area contributed by atoms with E-state index < -0.39 is 0 Å². The van der Waals surface area contributed by atoms with Gasteiger partial charge in [-0.1, -0.05) is 6.07 Å². The molecule has 0 aromatic heterocycles. The van der Waals surface area contributed by atoms with Crippen LogP contribution in [0.15, 0.2) is 36.4 Å². The first-order chi connectivity index (χ1) is 12.6. The minimum atomic E-state index is -0.330. The van der Waals surface area contributed by atoms with Crippen LogP contribution < -0.4 is 19.7 Å². The quantitative estimate of drug-likeness (QED) is 0.854. The lowest BCUT2D eigenvalue weighted by Gasteiger charge is -2.19. The topological polar surface area (TPSA) is 67.9 Å². The molecule has 2 aliphatic rings. The van der Waals surface area contributed by atoms with E-state index in [4.69, 9.17) is 9.47 Å². The lowest BCUT2D eigenvalue weighted by atomic mass is 10.1. The Labute approximate surface area is 151 Å². The number of carbonyl (C=O) groups excluding carboxylic acids is 2. The van der Waals surface area contributed by atoms with E-state index in [1.54, 1.807) is 24.3 Å². The predicted octanol–water partition coefficient (Wildman–Crippen LogP) is 3.47. The molecule has 2 aliphatic heterocycles. The second kappa shape index (κ2) is 6.71. The van der Waals surface area contributed by atoms with Gasteiger partial charge in [0.25, 0.3) is 5.91 Å². The molecule has 26 heavy (non-hydrogen) atoms. The average molecular weight is 352 g/mol. The van der Waals surface area contributed by atoms with Crippen LogP contribution in [-0.4, -0.2) is 31.6 Å². The highest BCUT2D eigenvalue weighted by atomic mass is 16.7. The number of nitrogens with one attached hydrogen (secondary N) is 1. The average Bonchev–Trinajstić information content (AvgIpc) is 3.33. The van der Waals surface area contributed by atoms with Gasteiger partial charge in [-0.15, -0.1) is 0 Å². The van der Waals surface area contributed by atoms with E-state index in [0.717, 1.165) is 31.6 Å². The molecule has 0 spiro atoms. The lowest BCUT2D eigenvalue weighted by Crippen LogP contribution is -2.19. The molecule has 4 rings (SSSR count). The molecule has 0 radical (unpaired) electrons. The van der Waals surface area contributed by atoms with Crippen molar-refractivity contribution in [3.05, 3.63) is 47.5 Å². The summed E-state index contributed by atoms with van der Waals surface area (Å²) < 4.78 is 10.7. The third-order valence-electron chi connectivity index (χ3n) is 4.74. The molecule has 2 aromatic carbocycles. The summed E-state index contributed by atoms with van der Waals surface area (Å²) >= 11 is 0. The van der Waals surface area contributed by atoms with Crippen molar-refractivity contribution in [2.75, 3.05) is 30.1 Å². The molecule has 1 saturated heterocycles. The highest BCUT2D eigenvalue weighted by molar-refractivity contribution is 6.10. The highest BCUT2D eigenvalue weighted by Gasteiger charge is 2.23. The number of hydrogen-bond acceptors (Lipinski definition) is 5. The van der Waals surface area contributed by atoms with Crippen LogP contribution in [0.4, 0.5) is 11.4 Å². The van der Waals surface area contributed by atoms with Gasteiger partial charge in [-0.2, -0.15) is 0 Å². The van der Waals surface area contributed by atoms with Crippen LogP contribution in [0.25, 0.3) is 0 Å². The Hall–Kier alpha value is -3.02. The Bertz CT molecular complexity index is 872. The first-order valence-electron chi connectivity index (χ1n) is 8.73. The summed E-state index contributed by atoms with van der Waals surface area (Å²) in [5.41, 5.74) is 2.41. The summed E-state index contributed by atoms with van der Waals surface area (Å²) in [7, 11) is 0. The van der Waals surface area contributed by atoms with Crippen molar-refractivity contribution in [1.29, 1.82) is 0 Å². The maximum absolute atomic E-state index is 12.7. The van der Waals surface area contributed by atoms with E-state index in [-0.39, 0.29) is 18.5 Å². The molecule has 0 aliphatic carbocycles. The second-order valence-corrected chi connectivity index (χ2v) is 6.47.